The van der Waals surface area contributed by atoms with E-state index in [9.17, 15) is 4.79 Å². The molecule has 0 saturated carbocycles. The Labute approximate surface area is 126 Å². The summed E-state index contributed by atoms with van der Waals surface area (Å²) in [4.78, 5) is 16.1. The Morgan fingerprint density at radius 2 is 1.82 bits per heavy atom. The Balaban J connectivity index is 1.62. The van der Waals surface area contributed by atoms with Crippen LogP contribution in [0, 0.1) is 0 Å². The summed E-state index contributed by atoms with van der Waals surface area (Å²) in [7, 11) is 0. The van der Waals surface area contributed by atoms with E-state index in [2.05, 4.69) is 20.7 Å². The SMILES string of the molecule is O=C1NC(c2ccc(-n3cncn3)cc2)Nc2ccccc21. The van der Waals surface area contributed by atoms with Gasteiger partial charge in [0.1, 0.15) is 18.8 Å². The van der Waals surface area contributed by atoms with Gasteiger partial charge in [0.25, 0.3) is 5.91 Å². The summed E-state index contributed by atoms with van der Waals surface area (Å²) in [5, 5.41) is 10.4. The molecule has 1 amide bonds. The topological polar surface area (TPSA) is 71.8 Å². The number of anilines is 1. The summed E-state index contributed by atoms with van der Waals surface area (Å²) < 4.78 is 1.69. The third-order valence-electron chi connectivity index (χ3n) is 3.66. The monoisotopic (exact) mass is 291 g/mol. The van der Waals surface area contributed by atoms with Crippen LogP contribution in [0.1, 0.15) is 22.1 Å². The van der Waals surface area contributed by atoms with Crippen LogP contribution in [0.4, 0.5) is 5.69 Å². The van der Waals surface area contributed by atoms with Crippen molar-refractivity contribution in [1.29, 1.82) is 0 Å². The molecule has 0 saturated heterocycles. The van der Waals surface area contributed by atoms with Gasteiger partial charge in [0.2, 0.25) is 0 Å². The lowest BCUT2D eigenvalue weighted by Crippen LogP contribution is -2.38. The molecule has 0 radical (unpaired) electrons. The lowest BCUT2D eigenvalue weighted by atomic mass is 10.1. The van der Waals surface area contributed by atoms with Crippen LogP contribution in [0.3, 0.4) is 0 Å². The first kappa shape index (κ1) is 12.6. The highest BCUT2D eigenvalue weighted by Gasteiger charge is 2.23. The molecular weight excluding hydrogens is 278 g/mol. The molecule has 22 heavy (non-hydrogen) atoms. The standard InChI is InChI=1S/C16H13N5O/c22-16-13-3-1-2-4-14(13)19-15(20-16)11-5-7-12(8-6-11)21-10-17-9-18-21/h1-10,15,19H,(H,20,22). The minimum absolute atomic E-state index is 0.0697. The molecule has 0 spiro atoms. The van der Waals surface area contributed by atoms with E-state index in [1.807, 2.05) is 48.5 Å². The molecule has 6 nitrogen and oxygen atoms in total. The molecule has 2 aromatic carbocycles. The van der Waals surface area contributed by atoms with E-state index in [1.54, 1.807) is 11.0 Å². The molecule has 2 N–H and O–H groups in total. The Morgan fingerprint density at radius 3 is 2.59 bits per heavy atom. The number of benzene rings is 2. The smallest absolute Gasteiger partial charge is 0.255 e. The fourth-order valence-electron chi connectivity index (χ4n) is 2.54. The van der Waals surface area contributed by atoms with E-state index in [1.165, 1.54) is 6.33 Å². The number of hydrogen-bond acceptors (Lipinski definition) is 4. The molecule has 1 atom stereocenters. The van der Waals surface area contributed by atoms with Crippen molar-refractivity contribution in [3.05, 3.63) is 72.3 Å². The van der Waals surface area contributed by atoms with Crippen molar-refractivity contribution >= 4 is 11.6 Å². The molecule has 1 aliphatic heterocycles. The zero-order valence-corrected chi connectivity index (χ0v) is 11.6. The Hall–Kier alpha value is -3.15. The van der Waals surface area contributed by atoms with Gasteiger partial charge >= 0.3 is 0 Å². The number of amides is 1. The number of aromatic nitrogens is 3. The Kier molecular flexibility index (Phi) is 2.86. The number of hydrogen-bond donors (Lipinski definition) is 2. The van der Waals surface area contributed by atoms with Crippen LogP contribution in [-0.2, 0) is 0 Å². The van der Waals surface area contributed by atoms with Crippen molar-refractivity contribution in [1.82, 2.24) is 20.1 Å². The van der Waals surface area contributed by atoms with Gasteiger partial charge in [-0.3, -0.25) is 4.79 Å². The second-order valence-electron chi connectivity index (χ2n) is 5.03. The second kappa shape index (κ2) is 5.00. The zero-order valence-electron chi connectivity index (χ0n) is 11.6. The maximum Gasteiger partial charge on any atom is 0.255 e. The third-order valence-corrected chi connectivity index (χ3v) is 3.66. The zero-order chi connectivity index (χ0) is 14.9. The van der Waals surface area contributed by atoms with Crippen molar-refractivity contribution in [2.75, 3.05) is 5.32 Å². The first-order chi connectivity index (χ1) is 10.8. The summed E-state index contributed by atoms with van der Waals surface area (Å²) in [5.74, 6) is -0.0697. The largest absolute Gasteiger partial charge is 0.361 e. The summed E-state index contributed by atoms with van der Waals surface area (Å²) in [6.45, 7) is 0. The molecule has 2 heterocycles. The number of nitrogens with zero attached hydrogens (tertiary/aromatic N) is 3. The minimum atomic E-state index is -0.243. The molecular formula is C16H13N5O. The predicted molar refractivity (Wildman–Crippen MR) is 81.6 cm³/mol. The fraction of sp³-hybridized carbons (Fsp3) is 0.0625. The van der Waals surface area contributed by atoms with Crippen LogP contribution in [-0.4, -0.2) is 20.7 Å². The third kappa shape index (κ3) is 2.10. The normalized spacial score (nSPS) is 16.5. The lowest BCUT2D eigenvalue weighted by molar-refractivity contribution is 0.0935. The molecule has 4 rings (SSSR count). The number of fused-ring (bicyclic) bond motifs is 1. The van der Waals surface area contributed by atoms with E-state index < -0.39 is 0 Å². The fourth-order valence-corrected chi connectivity index (χ4v) is 2.54. The second-order valence-corrected chi connectivity index (χ2v) is 5.03. The van der Waals surface area contributed by atoms with E-state index >= 15 is 0 Å². The van der Waals surface area contributed by atoms with Crippen LogP contribution in [0.25, 0.3) is 5.69 Å². The van der Waals surface area contributed by atoms with E-state index in [0.29, 0.717) is 5.56 Å². The number of carbonyl (C=O) groups excluding carboxylic acids is 1. The lowest BCUT2D eigenvalue weighted by Gasteiger charge is -2.28. The van der Waals surface area contributed by atoms with Gasteiger partial charge in [0, 0.05) is 5.69 Å². The van der Waals surface area contributed by atoms with Gasteiger partial charge in [-0.25, -0.2) is 9.67 Å². The molecule has 0 fully saturated rings. The van der Waals surface area contributed by atoms with E-state index in [-0.39, 0.29) is 12.1 Å². The molecule has 1 unspecified atom stereocenters. The molecule has 0 aliphatic carbocycles. The van der Waals surface area contributed by atoms with Gasteiger partial charge in [-0.05, 0) is 29.8 Å². The summed E-state index contributed by atoms with van der Waals surface area (Å²) in [5.41, 5.74) is 3.41. The molecule has 3 aromatic rings. The molecule has 1 aliphatic rings. The van der Waals surface area contributed by atoms with Crippen molar-refractivity contribution in [3.63, 3.8) is 0 Å². The highest BCUT2D eigenvalue weighted by atomic mass is 16.2. The van der Waals surface area contributed by atoms with Crippen molar-refractivity contribution in [2.45, 2.75) is 6.17 Å². The van der Waals surface area contributed by atoms with E-state index in [0.717, 1.165) is 16.9 Å². The maximum atomic E-state index is 12.1. The maximum absolute atomic E-state index is 12.1. The van der Waals surface area contributed by atoms with Gasteiger partial charge in [0.15, 0.2) is 0 Å². The average Bonchev–Trinajstić information content (AvgIpc) is 3.09. The van der Waals surface area contributed by atoms with Gasteiger partial charge in [-0.15, -0.1) is 0 Å². The number of para-hydroxylation sites is 1. The van der Waals surface area contributed by atoms with Crippen LogP contribution in [0.2, 0.25) is 0 Å². The van der Waals surface area contributed by atoms with Crippen LogP contribution in [0.5, 0.6) is 0 Å². The quantitative estimate of drug-likeness (QED) is 0.758. The first-order valence-corrected chi connectivity index (χ1v) is 6.93. The Bertz CT molecular complexity index is 811. The van der Waals surface area contributed by atoms with Gasteiger partial charge < -0.3 is 10.6 Å². The molecule has 6 heteroatoms. The van der Waals surface area contributed by atoms with Crippen LogP contribution < -0.4 is 10.6 Å². The Morgan fingerprint density at radius 1 is 1.00 bits per heavy atom. The highest BCUT2D eigenvalue weighted by Crippen LogP contribution is 2.26. The highest BCUT2D eigenvalue weighted by molar-refractivity contribution is 6.01. The minimum Gasteiger partial charge on any atom is -0.361 e. The van der Waals surface area contributed by atoms with Crippen molar-refractivity contribution in [3.8, 4) is 5.69 Å². The first-order valence-electron chi connectivity index (χ1n) is 6.93. The average molecular weight is 291 g/mol. The summed E-state index contributed by atoms with van der Waals surface area (Å²) >= 11 is 0. The number of carbonyl (C=O) groups is 1. The van der Waals surface area contributed by atoms with Gasteiger partial charge in [-0.2, -0.15) is 5.10 Å². The van der Waals surface area contributed by atoms with Gasteiger partial charge in [-0.1, -0.05) is 24.3 Å². The van der Waals surface area contributed by atoms with Crippen molar-refractivity contribution in [2.24, 2.45) is 0 Å². The van der Waals surface area contributed by atoms with Crippen LogP contribution in [0.15, 0.2) is 61.2 Å². The molecule has 0 bridgehead atoms. The number of rotatable bonds is 2. The summed E-state index contributed by atoms with van der Waals surface area (Å²) in [6, 6.07) is 15.3. The van der Waals surface area contributed by atoms with Crippen molar-refractivity contribution < 1.29 is 4.79 Å². The predicted octanol–water partition coefficient (Wildman–Crippen LogP) is 2.12. The molecule has 1 aromatic heterocycles. The summed E-state index contributed by atoms with van der Waals surface area (Å²) in [6.07, 6.45) is 2.90. The van der Waals surface area contributed by atoms with Gasteiger partial charge in [0.05, 0.1) is 11.3 Å². The van der Waals surface area contributed by atoms with E-state index in [4.69, 9.17) is 0 Å². The number of nitrogens with one attached hydrogen (secondary N) is 2. The molecule has 108 valence electrons. The van der Waals surface area contributed by atoms with Crippen LogP contribution >= 0.6 is 0 Å².